The van der Waals surface area contributed by atoms with Gasteiger partial charge < -0.3 is 9.63 Å². The minimum absolute atomic E-state index is 0.0207. The zero-order valence-corrected chi connectivity index (χ0v) is 10.4. The quantitative estimate of drug-likeness (QED) is 0.678. The molecular formula is C13H10N2O5. The van der Waals surface area contributed by atoms with Crippen molar-refractivity contribution < 1.29 is 19.3 Å². The molecule has 0 aliphatic carbocycles. The molecule has 7 nitrogen and oxygen atoms in total. The Morgan fingerprint density at radius 3 is 2.75 bits per heavy atom. The summed E-state index contributed by atoms with van der Waals surface area (Å²) in [5.41, 5.74) is 0.459. The molecule has 0 aliphatic heterocycles. The monoisotopic (exact) mass is 274 g/mol. The predicted molar refractivity (Wildman–Crippen MR) is 70.2 cm³/mol. The van der Waals surface area contributed by atoms with Crippen LogP contribution in [0.4, 0.5) is 5.69 Å². The number of benzene rings is 1. The van der Waals surface area contributed by atoms with Gasteiger partial charge in [-0.25, -0.2) is 4.79 Å². The lowest BCUT2D eigenvalue weighted by molar-refractivity contribution is -0.386. The summed E-state index contributed by atoms with van der Waals surface area (Å²) < 4.78 is 4.85. The van der Waals surface area contributed by atoms with Crippen LogP contribution in [0.25, 0.3) is 12.2 Å². The molecule has 1 N–H and O–H groups in total. The van der Waals surface area contributed by atoms with Gasteiger partial charge in [0.1, 0.15) is 0 Å². The lowest BCUT2D eigenvalue weighted by Gasteiger charge is -1.99. The molecule has 0 amide bonds. The topological polar surface area (TPSA) is 106 Å². The Bertz CT molecular complexity index is 703. The van der Waals surface area contributed by atoms with Crippen molar-refractivity contribution in [3.05, 3.63) is 57.0 Å². The van der Waals surface area contributed by atoms with Crippen LogP contribution in [0.2, 0.25) is 0 Å². The van der Waals surface area contributed by atoms with Crippen LogP contribution in [0.1, 0.15) is 27.4 Å². The molecule has 1 aromatic heterocycles. The van der Waals surface area contributed by atoms with E-state index >= 15 is 0 Å². The van der Waals surface area contributed by atoms with Crippen LogP contribution >= 0.6 is 0 Å². The molecule has 0 saturated carbocycles. The molecule has 0 fully saturated rings. The first-order valence-electron chi connectivity index (χ1n) is 5.61. The van der Waals surface area contributed by atoms with Gasteiger partial charge in [0, 0.05) is 0 Å². The maximum atomic E-state index is 11.0. The summed E-state index contributed by atoms with van der Waals surface area (Å²) in [6.07, 6.45) is 2.77. The fourth-order valence-corrected chi connectivity index (χ4v) is 1.72. The number of aromatic nitrogens is 1. The van der Waals surface area contributed by atoms with Crippen LogP contribution in [-0.4, -0.2) is 21.2 Å². The highest BCUT2D eigenvalue weighted by molar-refractivity contribution is 5.93. The van der Waals surface area contributed by atoms with E-state index in [1.54, 1.807) is 18.2 Å². The molecule has 102 valence electrons. The molecule has 0 spiro atoms. The van der Waals surface area contributed by atoms with Gasteiger partial charge in [0.2, 0.25) is 5.76 Å². The average Bonchev–Trinajstić information content (AvgIpc) is 2.77. The lowest BCUT2D eigenvalue weighted by atomic mass is 10.1. The Morgan fingerprint density at radius 1 is 1.40 bits per heavy atom. The molecule has 20 heavy (non-hydrogen) atoms. The number of rotatable bonds is 4. The summed E-state index contributed by atoms with van der Waals surface area (Å²) in [5.74, 6) is -1.10. The third-order valence-corrected chi connectivity index (χ3v) is 2.65. The number of nitrogens with zero attached hydrogens (tertiary/aromatic N) is 2. The second-order valence-corrected chi connectivity index (χ2v) is 3.96. The van der Waals surface area contributed by atoms with Crippen molar-refractivity contribution in [2.75, 3.05) is 0 Å². The third kappa shape index (κ3) is 2.56. The van der Waals surface area contributed by atoms with E-state index in [1.807, 2.05) is 0 Å². The summed E-state index contributed by atoms with van der Waals surface area (Å²) in [5, 5.41) is 23.4. The maximum Gasteiger partial charge on any atom is 0.338 e. The van der Waals surface area contributed by atoms with E-state index in [4.69, 9.17) is 9.63 Å². The van der Waals surface area contributed by atoms with Gasteiger partial charge in [0.15, 0.2) is 5.69 Å². The average molecular weight is 274 g/mol. The van der Waals surface area contributed by atoms with Crippen molar-refractivity contribution in [2.24, 2.45) is 0 Å². The van der Waals surface area contributed by atoms with Gasteiger partial charge in [-0.1, -0.05) is 29.4 Å². The number of carbonyl (C=O) groups is 1. The molecule has 0 atom stereocenters. The number of nitro groups is 1. The summed E-state index contributed by atoms with van der Waals surface area (Å²) in [7, 11) is 0. The molecule has 0 radical (unpaired) electrons. The van der Waals surface area contributed by atoms with Crippen molar-refractivity contribution in [3.63, 3.8) is 0 Å². The minimum Gasteiger partial charge on any atom is -0.478 e. The van der Waals surface area contributed by atoms with Gasteiger partial charge in [-0.05, 0) is 24.6 Å². The maximum absolute atomic E-state index is 11.0. The minimum atomic E-state index is -1.08. The summed E-state index contributed by atoms with van der Waals surface area (Å²) >= 11 is 0. The van der Waals surface area contributed by atoms with Crippen molar-refractivity contribution >= 4 is 23.8 Å². The van der Waals surface area contributed by atoms with E-state index in [0.29, 0.717) is 5.56 Å². The second kappa shape index (κ2) is 5.35. The smallest absolute Gasteiger partial charge is 0.338 e. The van der Waals surface area contributed by atoms with Crippen LogP contribution in [-0.2, 0) is 0 Å². The molecule has 1 aromatic carbocycles. The zero-order valence-electron chi connectivity index (χ0n) is 10.4. The number of hydrogen-bond donors (Lipinski definition) is 1. The van der Waals surface area contributed by atoms with Crippen LogP contribution in [0.5, 0.6) is 0 Å². The molecular weight excluding hydrogens is 264 g/mol. The first-order chi connectivity index (χ1) is 9.50. The van der Waals surface area contributed by atoms with Crippen molar-refractivity contribution in [1.29, 1.82) is 0 Å². The van der Waals surface area contributed by atoms with Crippen LogP contribution in [0.3, 0.4) is 0 Å². The van der Waals surface area contributed by atoms with Crippen LogP contribution < -0.4 is 0 Å². The summed E-state index contributed by atoms with van der Waals surface area (Å²) in [6, 6.07) is 6.31. The van der Waals surface area contributed by atoms with Gasteiger partial charge in [-0.2, -0.15) is 0 Å². The van der Waals surface area contributed by atoms with Crippen molar-refractivity contribution in [2.45, 2.75) is 6.92 Å². The molecule has 2 aromatic rings. The van der Waals surface area contributed by atoms with Crippen molar-refractivity contribution in [3.8, 4) is 0 Å². The SMILES string of the molecule is Cc1noc(C=Cc2ccccc2C(=O)O)c1[N+](=O)[O-]. The highest BCUT2D eigenvalue weighted by Gasteiger charge is 2.22. The van der Waals surface area contributed by atoms with Gasteiger partial charge in [0.25, 0.3) is 0 Å². The van der Waals surface area contributed by atoms with Gasteiger partial charge in [-0.3, -0.25) is 10.1 Å². The van der Waals surface area contributed by atoms with E-state index < -0.39 is 10.9 Å². The molecule has 2 rings (SSSR count). The number of carboxylic acids is 1. The summed E-state index contributed by atoms with van der Waals surface area (Å²) in [4.78, 5) is 21.3. The number of hydrogen-bond acceptors (Lipinski definition) is 5. The van der Waals surface area contributed by atoms with Gasteiger partial charge >= 0.3 is 11.7 Å². The highest BCUT2D eigenvalue weighted by atomic mass is 16.6. The summed E-state index contributed by atoms with van der Waals surface area (Å²) in [6.45, 7) is 1.46. The molecule has 1 heterocycles. The van der Waals surface area contributed by atoms with Gasteiger partial charge in [-0.15, -0.1) is 0 Å². The first-order valence-corrected chi connectivity index (χ1v) is 5.61. The number of aryl methyl sites for hydroxylation is 1. The molecule has 7 heteroatoms. The number of carboxylic acid groups (broad SMARTS) is 1. The zero-order chi connectivity index (χ0) is 14.7. The normalized spacial score (nSPS) is 10.8. The second-order valence-electron chi connectivity index (χ2n) is 3.96. The Labute approximate surface area is 113 Å². The predicted octanol–water partition coefficient (Wildman–Crippen LogP) is 2.76. The Kier molecular flexibility index (Phi) is 3.60. The van der Waals surface area contributed by atoms with Crippen LogP contribution in [0.15, 0.2) is 28.8 Å². The Balaban J connectivity index is 2.40. The van der Waals surface area contributed by atoms with E-state index in [-0.39, 0.29) is 22.7 Å². The van der Waals surface area contributed by atoms with Crippen LogP contribution in [0, 0.1) is 17.0 Å². The van der Waals surface area contributed by atoms with Gasteiger partial charge in [0.05, 0.1) is 10.5 Å². The number of aromatic carboxylic acids is 1. The fourth-order valence-electron chi connectivity index (χ4n) is 1.72. The Hall–Kier alpha value is -2.96. The fraction of sp³-hybridized carbons (Fsp3) is 0.0769. The van der Waals surface area contributed by atoms with E-state index in [2.05, 4.69) is 5.16 Å². The third-order valence-electron chi connectivity index (χ3n) is 2.65. The largest absolute Gasteiger partial charge is 0.478 e. The molecule has 0 bridgehead atoms. The van der Waals surface area contributed by atoms with Crippen molar-refractivity contribution in [1.82, 2.24) is 5.16 Å². The molecule has 0 aliphatic rings. The van der Waals surface area contributed by atoms with E-state index in [0.717, 1.165) is 0 Å². The van der Waals surface area contributed by atoms with E-state index in [1.165, 1.54) is 25.1 Å². The lowest BCUT2D eigenvalue weighted by Crippen LogP contribution is -1.98. The first kappa shape index (κ1) is 13.5. The van der Waals surface area contributed by atoms with E-state index in [9.17, 15) is 14.9 Å². The Morgan fingerprint density at radius 2 is 2.10 bits per heavy atom. The standard InChI is InChI=1S/C13H10N2O5/c1-8-12(15(18)19)11(20-14-8)7-6-9-4-2-3-5-10(9)13(16)17/h2-7H,1H3,(H,16,17). The highest BCUT2D eigenvalue weighted by Crippen LogP contribution is 2.25. The molecule has 0 unspecified atom stereocenters. The molecule has 0 saturated heterocycles.